The van der Waals surface area contributed by atoms with Crippen molar-refractivity contribution in [3.8, 4) is 23.1 Å². The highest BCUT2D eigenvalue weighted by Crippen LogP contribution is 2.35. The first-order valence-corrected chi connectivity index (χ1v) is 9.60. The van der Waals surface area contributed by atoms with E-state index in [0.717, 1.165) is 33.1 Å². The summed E-state index contributed by atoms with van der Waals surface area (Å²) in [6.07, 6.45) is 2.37. The third kappa shape index (κ3) is 3.05. The number of nitrogen functional groups attached to an aromatic ring is 1. The van der Waals surface area contributed by atoms with Gasteiger partial charge in [0.1, 0.15) is 17.5 Å². The number of nitrogens with two attached hydrogens (primary N) is 1. The van der Waals surface area contributed by atoms with Gasteiger partial charge in [0.2, 0.25) is 0 Å². The molecule has 1 aliphatic rings. The molecule has 0 aliphatic heterocycles. The van der Waals surface area contributed by atoms with Gasteiger partial charge in [-0.05, 0) is 43.0 Å². The molecule has 0 unspecified atom stereocenters. The molecule has 1 saturated carbocycles. The molecule has 0 spiro atoms. The standard InChI is InChI=1S/C21H20N6O2/c22-10-14-8-17-15(9-19(14)29-11-12-1-2-12)20(25-24-17)13-3-4-18-16(7-13)21(23)26-27(18)5-6-28/h3-4,7-9,12,28H,1-2,5-6,11H2,(H2,23,26)(H,24,25). The fraction of sp³-hybridized carbons (Fsp3) is 0.286. The molecule has 4 aromatic rings. The molecule has 1 fully saturated rings. The van der Waals surface area contributed by atoms with Gasteiger partial charge in [-0.3, -0.25) is 9.78 Å². The maximum atomic E-state index is 9.47. The number of hydrogen-bond acceptors (Lipinski definition) is 6. The number of ether oxygens (including phenoxy) is 1. The predicted molar refractivity (Wildman–Crippen MR) is 109 cm³/mol. The van der Waals surface area contributed by atoms with Crippen LogP contribution >= 0.6 is 0 Å². The number of H-pyrrole nitrogens is 1. The van der Waals surface area contributed by atoms with Gasteiger partial charge in [0.15, 0.2) is 5.82 Å². The molecule has 0 saturated heterocycles. The van der Waals surface area contributed by atoms with E-state index < -0.39 is 0 Å². The Balaban J connectivity index is 1.59. The van der Waals surface area contributed by atoms with Crippen LogP contribution in [0.1, 0.15) is 18.4 Å². The molecule has 0 atom stereocenters. The van der Waals surface area contributed by atoms with Crippen LogP contribution in [0.4, 0.5) is 5.82 Å². The van der Waals surface area contributed by atoms with Crippen LogP contribution in [0.3, 0.4) is 0 Å². The van der Waals surface area contributed by atoms with Crippen molar-refractivity contribution >= 4 is 27.6 Å². The lowest BCUT2D eigenvalue weighted by atomic mass is 10.0. The first-order chi connectivity index (χ1) is 14.2. The van der Waals surface area contributed by atoms with E-state index in [1.807, 2.05) is 24.3 Å². The lowest BCUT2D eigenvalue weighted by molar-refractivity contribution is 0.272. The molecule has 5 rings (SSSR count). The number of rotatable bonds is 6. The van der Waals surface area contributed by atoms with Crippen LogP contribution in [0.2, 0.25) is 0 Å². The molecular formula is C21H20N6O2. The number of aliphatic hydroxyl groups excluding tert-OH is 1. The maximum Gasteiger partial charge on any atom is 0.153 e. The molecular weight excluding hydrogens is 368 g/mol. The van der Waals surface area contributed by atoms with Gasteiger partial charge in [-0.1, -0.05) is 6.07 Å². The summed E-state index contributed by atoms with van der Waals surface area (Å²) < 4.78 is 7.61. The number of fused-ring (bicyclic) bond motifs is 2. The molecule has 29 heavy (non-hydrogen) atoms. The highest BCUT2D eigenvalue weighted by molar-refractivity contribution is 5.99. The van der Waals surface area contributed by atoms with Gasteiger partial charge in [0, 0.05) is 16.3 Å². The zero-order valence-corrected chi connectivity index (χ0v) is 15.7. The number of benzene rings is 2. The summed E-state index contributed by atoms with van der Waals surface area (Å²) in [6.45, 7) is 1.02. The lowest BCUT2D eigenvalue weighted by Crippen LogP contribution is -2.03. The van der Waals surface area contributed by atoms with Crippen molar-refractivity contribution in [3.05, 3.63) is 35.9 Å². The Morgan fingerprint density at radius 3 is 2.90 bits per heavy atom. The van der Waals surface area contributed by atoms with E-state index in [4.69, 9.17) is 10.5 Å². The fourth-order valence-corrected chi connectivity index (χ4v) is 3.58. The molecule has 4 N–H and O–H groups in total. The summed E-state index contributed by atoms with van der Waals surface area (Å²) in [6, 6.07) is 11.7. The second-order valence-electron chi connectivity index (χ2n) is 7.40. The number of nitrogens with one attached hydrogen (secondary N) is 1. The minimum Gasteiger partial charge on any atom is -0.492 e. The molecule has 2 heterocycles. The molecule has 8 heteroatoms. The monoisotopic (exact) mass is 388 g/mol. The van der Waals surface area contributed by atoms with Gasteiger partial charge in [-0.15, -0.1) is 0 Å². The summed E-state index contributed by atoms with van der Waals surface area (Å²) >= 11 is 0. The van der Waals surface area contributed by atoms with E-state index in [2.05, 4.69) is 21.4 Å². The molecule has 2 aromatic heterocycles. The van der Waals surface area contributed by atoms with Crippen molar-refractivity contribution < 1.29 is 9.84 Å². The normalized spacial score (nSPS) is 13.8. The summed E-state index contributed by atoms with van der Waals surface area (Å²) in [5, 5.41) is 32.2. The smallest absolute Gasteiger partial charge is 0.153 e. The fourth-order valence-electron chi connectivity index (χ4n) is 3.58. The summed E-state index contributed by atoms with van der Waals surface area (Å²) in [5.74, 6) is 1.60. The summed E-state index contributed by atoms with van der Waals surface area (Å²) in [5.41, 5.74) is 9.86. The van der Waals surface area contributed by atoms with E-state index in [0.29, 0.717) is 36.2 Å². The van der Waals surface area contributed by atoms with Gasteiger partial charge < -0.3 is 15.6 Å². The molecule has 0 radical (unpaired) electrons. The van der Waals surface area contributed by atoms with Crippen molar-refractivity contribution in [1.82, 2.24) is 20.0 Å². The van der Waals surface area contributed by atoms with Gasteiger partial charge in [-0.25, -0.2) is 0 Å². The van der Waals surface area contributed by atoms with Crippen LogP contribution in [-0.4, -0.2) is 38.3 Å². The zero-order chi connectivity index (χ0) is 20.0. The van der Waals surface area contributed by atoms with E-state index in [1.165, 1.54) is 12.8 Å². The van der Waals surface area contributed by atoms with Crippen LogP contribution in [0.25, 0.3) is 33.1 Å². The molecule has 146 valence electrons. The Kier molecular flexibility index (Phi) is 4.11. The molecule has 0 bridgehead atoms. The Labute approximate surface area is 166 Å². The minimum atomic E-state index is -0.00711. The van der Waals surface area contributed by atoms with Gasteiger partial charge in [-0.2, -0.15) is 15.5 Å². The van der Waals surface area contributed by atoms with Gasteiger partial charge in [0.05, 0.1) is 36.4 Å². The summed E-state index contributed by atoms with van der Waals surface area (Å²) in [4.78, 5) is 0. The highest BCUT2D eigenvalue weighted by Gasteiger charge is 2.23. The number of nitriles is 1. The Bertz CT molecular complexity index is 1260. The number of hydrogen-bond donors (Lipinski definition) is 3. The Morgan fingerprint density at radius 2 is 2.14 bits per heavy atom. The Morgan fingerprint density at radius 1 is 1.28 bits per heavy atom. The highest BCUT2D eigenvalue weighted by atomic mass is 16.5. The van der Waals surface area contributed by atoms with Crippen molar-refractivity contribution in [2.24, 2.45) is 5.92 Å². The van der Waals surface area contributed by atoms with Crippen LogP contribution in [0, 0.1) is 17.2 Å². The van der Waals surface area contributed by atoms with Crippen molar-refractivity contribution in [1.29, 1.82) is 5.26 Å². The minimum absolute atomic E-state index is 0.00711. The second-order valence-corrected chi connectivity index (χ2v) is 7.40. The number of aromatic amines is 1. The SMILES string of the molecule is N#Cc1cc2[nH]nc(-c3ccc4c(c3)c(N)nn4CCO)c2cc1OCC1CC1. The van der Waals surface area contributed by atoms with E-state index in [1.54, 1.807) is 10.7 Å². The van der Waals surface area contributed by atoms with Crippen molar-refractivity contribution in [2.75, 3.05) is 18.9 Å². The molecule has 2 aromatic carbocycles. The van der Waals surface area contributed by atoms with Crippen molar-refractivity contribution in [2.45, 2.75) is 19.4 Å². The van der Waals surface area contributed by atoms with Crippen LogP contribution < -0.4 is 10.5 Å². The first-order valence-electron chi connectivity index (χ1n) is 9.60. The average Bonchev–Trinajstić information content (AvgIpc) is 3.40. The number of aromatic nitrogens is 4. The Hall–Kier alpha value is -3.57. The number of anilines is 1. The third-order valence-electron chi connectivity index (χ3n) is 5.32. The quantitative estimate of drug-likeness (QED) is 0.466. The van der Waals surface area contributed by atoms with Gasteiger partial charge >= 0.3 is 0 Å². The van der Waals surface area contributed by atoms with E-state index >= 15 is 0 Å². The van der Waals surface area contributed by atoms with E-state index in [9.17, 15) is 10.4 Å². The average molecular weight is 388 g/mol. The van der Waals surface area contributed by atoms with Crippen LogP contribution in [0.15, 0.2) is 30.3 Å². The van der Waals surface area contributed by atoms with Gasteiger partial charge in [0.25, 0.3) is 0 Å². The topological polar surface area (TPSA) is 126 Å². The number of nitrogens with zero attached hydrogens (tertiary/aromatic N) is 4. The van der Waals surface area contributed by atoms with Crippen molar-refractivity contribution in [3.63, 3.8) is 0 Å². The lowest BCUT2D eigenvalue weighted by Gasteiger charge is -2.08. The second kappa shape index (κ2) is 6.79. The summed E-state index contributed by atoms with van der Waals surface area (Å²) in [7, 11) is 0. The maximum absolute atomic E-state index is 9.47. The molecule has 8 nitrogen and oxygen atoms in total. The molecule has 0 amide bonds. The zero-order valence-electron chi connectivity index (χ0n) is 15.7. The van der Waals surface area contributed by atoms with Crippen LogP contribution in [0.5, 0.6) is 5.75 Å². The molecule has 1 aliphatic carbocycles. The third-order valence-corrected chi connectivity index (χ3v) is 5.32. The van der Waals surface area contributed by atoms with Crippen LogP contribution in [-0.2, 0) is 6.54 Å². The van der Waals surface area contributed by atoms with E-state index in [-0.39, 0.29) is 6.61 Å². The first kappa shape index (κ1) is 17.5. The number of aliphatic hydroxyl groups is 1. The largest absolute Gasteiger partial charge is 0.492 e. The predicted octanol–water partition coefficient (Wildman–Crippen LogP) is 2.81.